The zero-order valence-corrected chi connectivity index (χ0v) is 6.88. The van der Waals surface area contributed by atoms with Crippen molar-refractivity contribution in [3.8, 4) is 0 Å². The van der Waals surface area contributed by atoms with E-state index in [9.17, 15) is 4.79 Å². The van der Waals surface area contributed by atoms with Gasteiger partial charge in [0.1, 0.15) is 0 Å². The van der Waals surface area contributed by atoms with E-state index in [0.717, 1.165) is 6.21 Å². The molecule has 0 rings (SSSR count). The average Bonchev–Trinajstić information content (AvgIpc) is 1.98. The van der Waals surface area contributed by atoms with Gasteiger partial charge in [0.15, 0.2) is 5.71 Å². The minimum Gasteiger partial charge on any atom is -0.343 e. The number of nitrogens with zero attached hydrogens (tertiary/aromatic N) is 2. The van der Waals surface area contributed by atoms with Crippen LogP contribution in [0.2, 0.25) is 0 Å². The van der Waals surface area contributed by atoms with Crippen LogP contribution in [-0.4, -0.2) is 43.9 Å². The average molecular weight is 156 g/mol. The minimum atomic E-state index is -0.283. The van der Waals surface area contributed by atoms with E-state index < -0.39 is 0 Å². The van der Waals surface area contributed by atoms with E-state index in [2.05, 4.69) is 10.5 Å². The zero-order chi connectivity index (χ0) is 8.85. The summed E-state index contributed by atoms with van der Waals surface area (Å²) in [4.78, 5) is 12.4. The topological polar surface area (TPSA) is 68.5 Å². The summed E-state index contributed by atoms with van der Waals surface area (Å²) in [6, 6.07) is 0. The van der Waals surface area contributed by atoms with Gasteiger partial charge in [-0.05, 0) is 0 Å². The summed E-state index contributed by atoms with van der Waals surface area (Å²) in [6.45, 7) is 0. The molecule has 11 heavy (non-hydrogen) atoms. The van der Waals surface area contributed by atoms with Crippen LogP contribution in [0.25, 0.3) is 0 Å². The Bertz CT molecular complexity index is 185. The number of hydrogen-bond acceptors (Lipinski definition) is 4. The number of hydrogen-bond donors (Lipinski definition) is 2. The lowest BCUT2D eigenvalue weighted by atomic mass is 10.3. The molecule has 0 saturated heterocycles. The maximum absolute atomic E-state index is 11.1. The lowest BCUT2D eigenvalue weighted by Gasteiger charge is -2.08. The molecule has 0 aliphatic rings. The molecule has 0 saturated carbocycles. The first-order valence-electron chi connectivity index (χ1n) is 3.10. The molecular weight excluding hydrogens is 144 g/mol. The van der Waals surface area contributed by atoms with Gasteiger partial charge in [-0.25, -0.2) is 0 Å². The molecule has 1 amide bonds. The van der Waals surface area contributed by atoms with Gasteiger partial charge in [0, 0.05) is 21.1 Å². The number of rotatable bonds is 3. The molecule has 5 nitrogen and oxygen atoms in total. The van der Waals surface area contributed by atoms with Crippen molar-refractivity contribution < 1.29 is 4.79 Å². The van der Waals surface area contributed by atoms with E-state index in [1.165, 1.54) is 4.90 Å². The molecule has 0 aromatic carbocycles. The highest BCUT2D eigenvalue weighted by atomic mass is 16.2. The van der Waals surface area contributed by atoms with E-state index in [0.29, 0.717) is 0 Å². The molecule has 0 unspecified atom stereocenters. The van der Waals surface area contributed by atoms with E-state index in [-0.39, 0.29) is 11.6 Å². The Morgan fingerprint density at radius 1 is 1.64 bits per heavy atom. The highest BCUT2D eigenvalue weighted by molar-refractivity contribution is 6.60. The quantitative estimate of drug-likeness (QED) is 0.419. The number of carbonyl (C=O) groups is 1. The fourth-order valence-corrected chi connectivity index (χ4v) is 0.491. The van der Waals surface area contributed by atoms with E-state index >= 15 is 0 Å². The van der Waals surface area contributed by atoms with Crippen molar-refractivity contribution in [2.45, 2.75) is 0 Å². The fourth-order valence-electron chi connectivity index (χ4n) is 0.491. The highest BCUT2D eigenvalue weighted by Crippen LogP contribution is 1.81. The van der Waals surface area contributed by atoms with Crippen molar-refractivity contribution in [1.29, 1.82) is 5.41 Å². The molecule has 0 atom stereocenters. The van der Waals surface area contributed by atoms with E-state index in [4.69, 9.17) is 5.41 Å². The van der Waals surface area contributed by atoms with Gasteiger partial charge >= 0.3 is 0 Å². The van der Waals surface area contributed by atoms with Crippen molar-refractivity contribution in [2.24, 2.45) is 5.10 Å². The normalized spacial score (nSPS) is 10.6. The maximum atomic E-state index is 11.1. The second-order valence-corrected chi connectivity index (χ2v) is 2.06. The molecule has 0 radical (unpaired) electrons. The van der Waals surface area contributed by atoms with Gasteiger partial charge in [0.05, 0.1) is 6.21 Å². The van der Waals surface area contributed by atoms with Crippen LogP contribution in [0.5, 0.6) is 0 Å². The number of nitrogens with one attached hydrogen (secondary N) is 2. The smallest absolute Gasteiger partial charge is 0.275 e. The third-order valence-corrected chi connectivity index (χ3v) is 0.994. The summed E-state index contributed by atoms with van der Waals surface area (Å²) >= 11 is 0. The number of hydrazone groups is 1. The van der Waals surface area contributed by atoms with Crippen molar-refractivity contribution in [3.63, 3.8) is 0 Å². The largest absolute Gasteiger partial charge is 0.343 e. The molecule has 0 aromatic heterocycles. The second-order valence-electron chi connectivity index (χ2n) is 2.06. The molecular formula is C6H12N4O. The molecule has 0 bridgehead atoms. The molecule has 0 fully saturated rings. The fraction of sp³-hybridized carbons (Fsp3) is 0.500. The monoisotopic (exact) mass is 156 g/mol. The van der Waals surface area contributed by atoms with Gasteiger partial charge in [0.2, 0.25) is 0 Å². The second kappa shape index (κ2) is 4.43. The van der Waals surface area contributed by atoms with Gasteiger partial charge < -0.3 is 15.7 Å². The molecule has 0 spiro atoms. The molecule has 0 heterocycles. The van der Waals surface area contributed by atoms with E-state index in [1.54, 1.807) is 21.1 Å². The molecule has 62 valence electrons. The van der Waals surface area contributed by atoms with Crippen molar-refractivity contribution in [3.05, 3.63) is 0 Å². The number of amides is 1. The molecule has 0 aromatic rings. The Labute approximate surface area is 65.6 Å². The Balaban J connectivity index is 4.39. The predicted octanol–water partition coefficient (Wildman–Crippen LogP) is -0.700. The zero-order valence-electron chi connectivity index (χ0n) is 6.88. The van der Waals surface area contributed by atoms with Crippen molar-refractivity contribution >= 4 is 17.8 Å². The number of carbonyl (C=O) groups excluding carboxylic acids is 1. The maximum Gasteiger partial charge on any atom is 0.275 e. The van der Waals surface area contributed by atoms with Gasteiger partial charge in [-0.1, -0.05) is 0 Å². The van der Waals surface area contributed by atoms with Gasteiger partial charge in [0.25, 0.3) is 5.91 Å². The summed E-state index contributed by atoms with van der Waals surface area (Å²) in [5.74, 6) is -0.283. The Morgan fingerprint density at radius 2 is 2.18 bits per heavy atom. The third-order valence-electron chi connectivity index (χ3n) is 0.994. The summed E-state index contributed by atoms with van der Waals surface area (Å²) in [6.07, 6.45) is 0.916. The molecule has 5 heteroatoms. The van der Waals surface area contributed by atoms with Crippen LogP contribution in [0.4, 0.5) is 0 Å². The van der Waals surface area contributed by atoms with Gasteiger partial charge in [-0.15, -0.1) is 0 Å². The third kappa shape index (κ3) is 2.79. The van der Waals surface area contributed by atoms with Gasteiger partial charge in [-0.2, -0.15) is 5.10 Å². The van der Waals surface area contributed by atoms with E-state index in [1.807, 2.05) is 0 Å². The van der Waals surface area contributed by atoms with Crippen LogP contribution in [0.3, 0.4) is 0 Å². The van der Waals surface area contributed by atoms with Crippen LogP contribution in [0, 0.1) is 5.41 Å². The van der Waals surface area contributed by atoms with Crippen molar-refractivity contribution in [1.82, 2.24) is 10.3 Å². The van der Waals surface area contributed by atoms with Crippen LogP contribution in [0.15, 0.2) is 5.10 Å². The Hall–Kier alpha value is -1.39. The summed E-state index contributed by atoms with van der Waals surface area (Å²) in [5.41, 5.74) is 2.54. The van der Waals surface area contributed by atoms with Gasteiger partial charge in [-0.3, -0.25) is 4.79 Å². The predicted molar refractivity (Wildman–Crippen MR) is 44.0 cm³/mol. The molecule has 0 aliphatic heterocycles. The molecule has 2 N–H and O–H groups in total. The summed E-state index contributed by atoms with van der Waals surface area (Å²) in [7, 11) is 4.79. The minimum absolute atomic E-state index is 0.0949. The van der Waals surface area contributed by atoms with Crippen molar-refractivity contribution in [2.75, 3.05) is 21.1 Å². The van der Waals surface area contributed by atoms with Crippen LogP contribution in [-0.2, 0) is 4.79 Å². The lowest BCUT2D eigenvalue weighted by Crippen LogP contribution is -2.31. The van der Waals surface area contributed by atoms with Crippen LogP contribution >= 0.6 is 0 Å². The lowest BCUT2D eigenvalue weighted by molar-refractivity contribution is -0.121. The Morgan fingerprint density at radius 3 is 2.45 bits per heavy atom. The van der Waals surface area contributed by atoms with Crippen LogP contribution in [0.1, 0.15) is 0 Å². The summed E-state index contributed by atoms with van der Waals surface area (Å²) in [5, 5.41) is 10.4. The SMILES string of the molecule is CN/N=C(/C=N)C(=O)N(C)C. The highest BCUT2D eigenvalue weighted by Gasteiger charge is 2.09. The van der Waals surface area contributed by atoms with Crippen LogP contribution < -0.4 is 5.43 Å². The standard InChI is InChI=1S/C6H12N4O/c1-8-9-5(4-7)6(11)10(2)3/h4,7-8H,1-3H3/b7-4?,9-5-. The first-order valence-corrected chi connectivity index (χ1v) is 3.10. The molecule has 0 aliphatic carbocycles. The first kappa shape index (κ1) is 9.61. The Kier molecular flexibility index (Phi) is 3.87. The summed E-state index contributed by atoms with van der Waals surface area (Å²) < 4.78 is 0. The first-order chi connectivity index (χ1) is 5.13.